The van der Waals surface area contributed by atoms with Gasteiger partial charge in [0.1, 0.15) is 11.6 Å². The quantitative estimate of drug-likeness (QED) is 0.676. The minimum atomic E-state index is -0.599. The average molecular weight is 344 g/mol. The van der Waals surface area contributed by atoms with Crippen LogP contribution in [0, 0.1) is 16.0 Å². The van der Waals surface area contributed by atoms with Crippen molar-refractivity contribution in [2.75, 3.05) is 13.1 Å². The molecule has 132 valence electrons. The van der Waals surface area contributed by atoms with Crippen molar-refractivity contribution in [3.05, 3.63) is 52.1 Å². The van der Waals surface area contributed by atoms with Crippen LogP contribution >= 0.6 is 0 Å². The third-order valence-electron chi connectivity index (χ3n) is 4.62. The Bertz CT molecular complexity index is 802. The largest absolute Gasteiger partial charge is 0.507 e. The zero-order chi connectivity index (χ0) is 18.0. The second-order valence-corrected chi connectivity index (χ2v) is 6.38. The predicted molar refractivity (Wildman–Crippen MR) is 90.3 cm³/mol. The molecule has 1 atom stereocenters. The molecule has 8 nitrogen and oxygen atoms in total. The number of aryl methyl sites for hydroxylation is 1. The van der Waals surface area contributed by atoms with Crippen LogP contribution in [0.5, 0.6) is 5.75 Å². The number of carbonyl (C=O) groups excluding carboxylic acids is 1. The van der Waals surface area contributed by atoms with Gasteiger partial charge in [-0.2, -0.15) is 0 Å². The molecular weight excluding hydrogens is 324 g/mol. The van der Waals surface area contributed by atoms with Crippen LogP contribution in [0.25, 0.3) is 0 Å². The summed E-state index contributed by atoms with van der Waals surface area (Å²) in [6.45, 7) is 1.20. The maximum absolute atomic E-state index is 12.7. The Balaban J connectivity index is 1.71. The number of phenols is 1. The van der Waals surface area contributed by atoms with Crippen molar-refractivity contribution in [3.8, 4) is 5.75 Å². The number of nitro benzene ring substituents is 1. The number of nitrogens with zero attached hydrogens (tertiary/aromatic N) is 4. The highest BCUT2D eigenvalue weighted by molar-refractivity contribution is 5.97. The molecule has 25 heavy (non-hydrogen) atoms. The first-order valence-corrected chi connectivity index (χ1v) is 8.18. The zero-order valence-corrected chi connectivity index (χ0v) is 14.0. The van der Waals surface area contributed by atoms with Crippen molar-refractivity contribution in [3.63, 3.8) is 0 Å². The number of amides is 1. The highest BCUT2D eigenvalue weighted by atomic mass is 16.6. The molecule has 0 aliphatic carbocycles. The Morgan fingerprint density at radius 1 is 1.48 bits per heavy atom. The van der Waals surface area contributed by atoms with E-state index >= 15 is 0 Å². The lowest BCUT2D eigenvalue weighted by Crippen LogP contribution is -2.40. The number of benzene rings is 1. The van der Waals surface area contributed by atoms with E-state index in [1.54, 1.807) is 11.1 Å². The number of likely N-dealkylation sites (tertiary alicyclic amines) is 1. The van der Waals surface area contributed by atoms with Gasteiger partial charge in [-0.15, -0.1) is 0 Å². The molecule has 1 unspecified atom stereocenters. The molecule has 1 saturated heterocycles. The predicted octanol–water partition coefficient (Wildman–Crippen LogP) is 2.13. The highest BCUT2D eigenvalue weighted by Crippen LogP contribution is 2.27. The molecule has 1 aromatic carbocycles. The third kappa shape index (κ3) is 3.62. The first-order valence-electron chi connectivity index (χ1n) is 8.18. The van der Waals surface area contributed by atoms with Crippen LogP contribution in [0.4, 0.5) is 5.69 Å². The first kappa shape index (κ1) is 16.9. The SMILES string of the molecule is Cn1ccnc1CC1CCCN(C(=O)c2ccc([N+](=O)[O-])cc2O)C1. The van der Waals surface area contributed by atoms with Gasteiger partial charge in [0.2, 0.25) is 0 Å². The standard InChI is InChI=1S/C17H20N4O4/c1-19-8-6-18-16(19)9-12-3-2-7-20(11-12)17(23)14-5-4-13(21(24)25)10-15(14)22/h4-6,8,10,12,22H,2-3,7,9,11H2,1H3. The van der Waals surface area contributed by atoms with E-state index in [4.69, 9.17) is 0 Å². The number of nitro groups is 1. The highest BCUT2D eigenvalue weighted by Gasteiger charge is 2.27. The van der Waals surface area contributed by atoms with Crippen molar-refractivity contribution in [1.82, 2.24) is 14.5 Å². The van der Waals surface area contributed by atoms with E-state index in [0.717, 1.165) is 31.2 Å². The van der Waals surface area contributed by atoms with E-state index in [9.17, 15) is 20.0 Å². The number of hydrogen-bond donors (Lipinski definition) is 1. The molecule has 0 spiro atoms. The van der Waals surface area contributed by atoms with Crippen molar-refractivity contribution < 1.29 is 14.8 Å². The lowest BCUT2D eigenvalue weighted by atomic mass is 9.94. The average Bonchev–Trinajstić information content (AvgIpc) is 2.99. The Labute approximate surface area is 144 Å². The molecule has 1 aliphatic rings. The molecule has 0 radical (unpaired) electrons. The molecule has 2 heterocycles. The molecule has 0 bridgehead atoms. The lowest BCUT2D eigenvalue weighted by Gasteiger charge is -2.32. The first-order chi connectivity index (χ1) is 12.0. The summed E-state index contributed by atoms with van der Waals surface area (Å²) in [6, 6.07) is 3.57. The molecule has 2 aromatic rings. The Kier molecular flexibility index (Phi) is 4.69. The molecule has 8 heteroatoms. The van der Waals surface area contributed by atoms with Gasteiger partial charge in [-0.3, -0.25) is 14.9 Å². The molecule has 0 saturated carbocycles. The number of phenolic OH excluding ortho intramolecular Hbond substituents is 1. The van der Waals surface area contributed by atoms with E-state index in [2.05, 4.69) is 4.98 Å². The summed E-state index contributed by atoms with van der Waals surface area (Å²) < 4.78 is 1.98. The van der Waals surface area contributed by atoms with Gasteiger partial charge in [0.15, 0.2) is 0 Å². The summed E-state index contributed by atoms with van der Waals surface area (Å²) in [5.41, 5.74) is -0.136. The number of aromatic nitrogens is 2. The number of carbonyl (C=O) groups is 1. The molecule has 1 aromatic heterocycles. The van der Waals surface area contributed by atoms with Gasteiger partial charge in [0.05, 0.1) is 16.6 Å². The number of hydrogen-bond acceptors (Lipinski definition) is 5. The van der Waals surface area contributed by atoms with Crippen molar-refractivity contribution in [1.29, 1.82) is 0 Å². The fourth-order valence-corrected chi connectivity index (χ4v) is 3.25. The van der Waals surface area contributed by atoms with Crippen molar-refractivity contribution in [2.24, 2.45) is 13.0 Å². The topological polar surface area (TPSA) is 102 Å². The zero-order valence-electron chi connectivity index (χ0n) is 14.0. The van der Waals surface area contributed by atoms with E-state index in [-0.39, 0.29) is 22.9 Å². The number of imidazole rings is 1. The number of non-ortho nitro benzene ring substituents is 1. The van der Waals surface area contributed by atoms with Gasteiger partial charge in [-0.1, -0.05) is 0 Å². The minimum Gasteiger partial charge on any atom is -0.507 e. The van der Waals surface area contributed by atoms with Crippen molar-refractivity contribution in [2.45, 2.75) is 19.3 Å². The maximum Gasteiger partial charge on any atom is 0.273 e. The van der Waals surface area contributed by atoms with Crippen LogP contribution < -0.4 is 0 Å². The fraction of sp³-hybridized carbons (Fsp3) is 0.412. The van der Waals surface area contributed by atoms with Crippen LogP contribution in [-0.4, -0.2) is 43.5 Å². The van der Waals surface area contributed by atoms with Gasteiger partial charge in [0.25, 0.3) is 11.6 Å². The molecule has 3 rings (SSSR count). The van der Waals surface area contributed by atoms with E-state index in [1.807, 2.05) is 17.8 Å². The van der Waals surface area contributed by atoms with Crippen LogP contribution in [0.2, 0.25) is 0 Å². The summed E-state index contributed by atoms with van der Waals surface area (Å²) >= 11 is 0. The smallest absolute Gasteiger partial charge is 0.273 e. The molecule has 1 fully saturated rings. The molecule has 1 N–H and O–H groups in total. The summed E-state index contributed by atoms with van der Waals surface area (Å²) in [7, 11) is 1.95. The van der Waals surface area contributed by atoms with Gasteiger partial charge >= 0.3 is 0 Å². The van der Waals surface area contributed by atoms with Gasteiger partial charge in [-0.25, -0.2) is 4.98 Å². The second-order valence-electron chi connectivity index (χ2n) is 6.38. The minimum absolute atomic E-state index is 0.100. The van der Waals surface area contributed by atoms with Gasteiger partial charge in [0, 0.05) is 45.0 Å². The summed E-state index contributed by atoms with van der Waals surface area (Å²) in [4.78, 5) is 28.9. The maximum atomic E-state index is 12.7. The fourth-order valence-electron chi connectivity index (χ4n) is 3.25. The monoisotopic (exact) mass is 344 g/mol. The van der Waals surface area contributed by atoms with Crippen LogP contribution in [0.15, 0.2) is 30.6 Å². The number of aromatic hydroxyl groups is 1. The van der Waals surface area contributed by atoms with Crippen LogP contribution in [0.1, 0.15) is 29.0 Å². The molecule has 1 amide bonds. The second kappa shape index (κ2) is 6.92. The molecular formula is C17H20N4O4. The third-order valence-corrected chi connectivity index (χ3v) is 4.62. The van der Waals surface area contributed by atoms with Crippen LogP contribution in [0.3, 0.4) is 0 Å². The van der Waals surface area contributed by atoms with Crippen LogP contribution in [-0.2, 0) is 13.5 Å². The lowest BCUT2D eigenvalue weighted by molar-refractivity contribution is -0.384. The summed E-state index contributed by atoms with van der Waals surface area (Å²) in [6.07, 6.45) is 6.35. The number of rotatable bonds is 4. The van der Waals surface area contributed by atoms with Gasteiger partial charge in [-0.05, 0) is 24.8 Å². The normalized spacial score (nSPS) is 17.5. The Morgan fingerprint density at radius 2 is 2.28 bits per heavy atom. The summed E-state index contributed by atoms with van der Waals surface area (Å²) in [5, 5.41) is 20.7. The summed E-state index contributed by atoms with van der Waals surface area (Å²) in [5.74, 6) is 0.638. The van der Waals surface area contributed by atoms with E-state index in [0.29, 0.717) is 19.0 Å². The number of piperidine rings is 1. The van der Waals surface area contributed by atoms with Gasteiger partial charge < -0.3 is 14.6 Å². The van der Waals surface area contributed by atoms with Crippen molar-refractivity contribution >= 4 is 11.6 Å². The van der Waals surface area contributed by atoms with E-state index < -0.39 is 4.92 Å². The Hall–Kier alpha value is -2.90. The molecule has 1 aliphatic heterocycles. The Morgan fingerprint density at radius 3 is 2.92 bits per heavy atom. The van der Waals surface area contributed by atoms with E-state index in [1.165, 1.54) is 12.1 Å².